The molecule has 0 saturated carbocycles. The number of carbonyl (C=O) groups excluding carboxylic acids is 1. The summed E-state index contributed by atoms with van der Waals surface area (Å²) in [5.74, 6) is 0.140. The van der Waals surface area contributed by atoms with E-state index in [1.54, 1.807) is 12.1 Å². The van der Waals surface area contributed by atoms with Crippen molar-refractivity contribution >= 4 is 5.91 Å². The highest BCUT2D eigenvalue weighted by Gasteiger charge is 2.34. The highest BCUT2D eigenvalue weighted by molar-refractivity contribution is 5.74. The van der Waals surface area contributed by atoms with Crippen molar-refractivity contribution in [3.05, 3.63) is 47.6 Å². The van der Waals surface area contributed by atoms with Gasteiger partial charge in [-0.05, 0) is 31.5 Å². The van der Waals surface area contributed by atoms with Crippen LogP contribution in [0.2, 0.25) is 0 Å². The fourth-order valence-corrected chi connectivity index (χ4v) is 2.33. The van der Waals surface area contributed by atoms with Crippen molar-refractivity contribution in [2.24, 2.45) is 5.73 Å². The van der Waals surface area contributed by atoms with E-state index in [0.717, 1.165) is 10.7 Å². The van der Waals surface area contributed by atoms with Crippen molar-refractivity contribution in [3.8, 4) is 17.4 Å². The topological polar surface area (TPSA) is 99.8 Å². The Morgan fingerprint density at radius 2 is 2.08 bits per heavy atom. The Morgan fingerprint density at radius 1 is 1.31 bits per heavy atom. The molecule has 3 aromatic rings. The van der Waals surface area contributed by atoms with Crippen LogP contribution in [0.25, 0.3) is 17.4 Å². The minimum Gasteiger partial charge on any atom is -0.461 e. The zero-order valence-electron chi connectivity index (χ0n) is 13.6. The van der Waals surface area contributed by atoms with Crippen molar-refractivity contribution in [3.63, 3.8) is 0 Å². The quantitative estimate of drug-likeness (QED) is 0.749. The minimum absolute atomic E-state index is 0.0416. The molecular weight excluding hydrogens is 351 g/mol. The lowest BCUT2D eigenvalue weighted by atomic mass is 10.2. The number of rotatable bonds is 5. The van der Waals surface area contributed by atoms with Gasteiger partial charge in [-0.3, -0.25) is 4.79 Å². The molecule has 0 aliphatic carbocycles. The second-order valence-electron chi connectivity index (χ2n) is 5.57. The number of hydrogen-bond donors (Lipinski definition) is 1. The molecule has 0 bridgehead atoms. The highest BCUT2D eigenvalue weighted by Crippen LogP contribution is 2.29. The second kappa shape index (κ2) is 6.62. The zero-order chi connectivity index (χ0) is 18.9. The number of aromatic nitrogens is 4. The SMILES string of the molecule is Cc1cc(C(F)(F)F)nn1-c1cc(CCC(N)=O)nc(-c2ccco2)n1. The number of halogens is 3. The molecule has 26 heavy (non-hydrogen) atoms. The van der Waals surface area contributed by atoms with Crippen LogP contribution in [0, 0.1) is 6.92 Å². The third kappa shape index (κ3) is 3.73. The molecular formula is C16H14F3N5O2. The first-order chi connectivity index (χ1) is 12.2. The normalized spacial score (nSPS) is 11.7. The highest BCUT2D eigenvalue weighted by atomic mass is 19.4. The largest absolute Gasteiger partial charge is 0.461 e. The van der Waals surface area contributed by atoms with Gasteiger partial charge in [0, 0.05) is 23.9 Å². The molecule has 10 heteroatoms. The van der Waals surface area contributed by atoms with Gasteiger partial charge in [0.2, 0.25) is 5.91 Å². The van der Waals surface area contributed by atoms with Crippen LogP contribution in [-0.4, -0.2) is 25.7 Å². The number of nitrogens with two attached hydrogens (primary N) is 1. The molecule has 7 nitrogen and oxygen atoms in total. The van der Waals surface area contributed by atoms with E-state index >= 15 is 0 Å². The summed E-state index contributed by atoms with van der Waals surface area (Å²) in [7, 11) is 0. The van der Waals surface area contributed by atoms with Crippen molar-refractivity contribution < 1.29 is 22.4 Å². The van der Waals surface area contributed by atoms with Crippen molar-refractivity contribution in [1.82, 2.24) is 19.7 Å². The first-order valence-corrected chi connectivity index (χ1v) is 7.58. The lowest BCUT2D eigenvalue weighted by molar-refractivity contribution is -0.141. The van der Waals surface area contributed by atoms with Gasteiger partial charge in [0.15, 0.2) is 23.1 Å². The molecule has 3 rings (SSSR count). The third-order valence-corrected chi connectivity index (χ3v) is 3.53. The average molecular weight is 365 g/mol. The standard InChI is InChI=1S/C16H14F3N5O2/c1-9-7-12(16(17,18)19)23-24(9)14-8-10(4-5-13(20)25)21-15(22-14)11-3-2-6-26-11/h2-3,6-8H,4-5H2,1H3,(H2,20,25). The van der Waals surface area contributed by atoms with E-state index in [1.165, 1.54) is 19.3 Å². The predicted octanol–water partition coefficient (Wildman–Crippen LogP) is 2.67. The summed E-state index contributed by atoms with van der Waals surface area (Å²) in [5.41, 5.74) is 4.82. The monoisotopic (exact) mass is 365 g/mol. The summed E-state index contributed by atoms with van der Waals surface area (Å²) in [4.78, 5) is 19.6. The number of aryl methyl sites for hydroxylation is 2. The fourth-order valence-electron chi connectivity index (χ4n) is 2.33. The summed E-state index contributed by atoms with van der Waals surface area (Å²) in [6, 6.07) is 5.65. The molecule has 0 aliphatic heterocycles. The van der Waals surface area contributed by atoms with Gasteiger partial charge in [-0.1, -0.05) is 0 Å². The van der Waals surface area contributed by atoms with Crippen LogP contribution in [0.1, 0.15) is 23.5 Å². The molecule has 1 amide bonds. The maximum absolute atomic E-state index is 12.9. The van der Waals surface area contributed by atoms with E-state index in [4.69, 9.17) is 10.2 Å². The molecule has 0 spiro atoms. The van der Waals surface area contributed by atoms with Gasteiger partial charge < -0.3 is 10.2 Å². The van der Waals surface area contributed by atoms with Gasteiger partial charge in [0.1, 0.15) is 0 Å². The summed E-state index contributed by atoms with van der Waals surface area (Å²) in [5, 5.41) is 3.59. The Balaban J connectivity index is 2.08. The van der Waals surface area contributed by atoms with Gasteiger partial charge >= 0.3 is 6.18 Å². The van der Waals surface area contributed by atoms with E-state index in [2.05, 4.69) is 15.1 Å². The van der Waals surface area contributed by atoms with Crippen LogP contribution < -0.4 is 5.73 Å². The Hall–Kier alpha value is -3.17. The summed E-state index contributed by atoms with van der Waals surface area (Å²) < 4.78 is 45.1. The first-order valence-electron chi connectivity index (χ1n) is 7.58. The number of furan rings is 1. The van der Waals surface area contributed by atoms with Crippen LogP contribution >= 0.6 is 0 Å². The number of amides is 1. The van der Waals surface area contributed by atoms with Crippen LogP contribution in [0.15, 0.2) is 34.9 Å². The Labute approximate surface area is 145 Å². The van der Waals surface area contributed by atoms with Crippen LogP contribution in [-0.2, 0) is 17.4 Å². The summed E-state index contributed by atoms with van der Waals surface area (Å²) in [6.07, 6.45) is -2.89. The number of primary amides is 1. The molecule has 0 atom stereocenters. The molecule has 136 valence electrons. The van der Waals surface area contributed by atoms with E-state index in [1.807, 2.05) is 0 Å². The van der Waals surface area contributed by atoms with Crippen LogP contribution in [0.5, 0.6) is 0 Å². The summed E-state index contributed by atoms with van der Waals surface area (Å²) in [6.45, 7) is 1.49. The van der Waals surface area contributed by atoms with Crippen LogP contribution in [0.3, 0.4) is 0 Å². The third-order valence-electron chi connectivity index (χ3n) is 3.53. The van der Waals surface area contributed by atoms with Gasteiger partial charge in [-0.2, -0.15) is 18.3 Å². The number of alkyl halides is 3. The minimum atomic E-state index is -4.57. The van der Waals surface area contributed by atoms with Gasteiger partial charge in [0.25, 0.3) is 0 Å². The van der Waals surface area contributed by atoms with E-state index < -0.39 is 17.8 Å². The first kappa shape index (κ1) is 17.6. The van der Waals surface area contributed by atoms with Crippen LogP contribution in [0.4, 0.5) is 13.2 Å². The number of carbonyl (C=O) groups is 1. The Bertz CT molecular complexity index is 932. The molecule has 2 N–H and O–H groups in total. The number of hydrogen-bond acceptors (Lipinski definition) is 5. The predicted molar refractivity (Wildman–Crippen MR) is 84.1 cm³/mol. The average Bonchev–Trinajstić information content (AvgIpc) is 3.21. The maximum Gasteiger partial charge on any atom is 0.435 e. The van der Waals surface area contributed by atoms with Crippen molar-refractivity contribution in [1.29, 1.82) is 0 Å². The van der Waals surface area contributed by atoms with Crippen molar-refractivity contribution in [2.45, 2.75) is 25.9 Å². The lowest BCUT2D eigenvalue weighted by Crippen LogP contribution is -2.13. The zero-order valence-corrected chi connectivity index (χ0v) is 13.6. The van der Waals surface area contributed by atoms with E-state index in [-0.39, 0.29) is 30.2 Å². The molecule has 0 fully saturated rings. The van der Waals surface area contributed by atoms with Gasteiger partial charge in [-0.25, -0.2) is 14.6 Å². The Morgan fingerprint density at radius 3 is 2.65 bits per heavy atom. The number of nitrogens with zero attached hydrogens (tertiary/aromatic N) is 4. The molecule has 3 heterocycles. The van der Waals surface area contributed by atoms with Crippen molar-refractivity contribution in [2.75, 3.05) is 0 Å². The molecule has 0 radical (unpaired) electrons. The molecule has 0 saturated heterocycles. The molecule has 0 aromatic carbocycles. The Kier molecular flexibility index (Phi) is 4.49. The van der Waals surface area contributed by atoms with Gasteiger partial charge in [-0.15, -0.1) is 0 Å². The summed E-state index contributed by atoms with van der Waals surface area (Å²) >= 11 is 0. The second-order valence-corrected chi connectivity index (χ2v) is 5.57. The lowest BCUT2D eigenvalue weighted by Gasteiger charge is -2.08. The molecule has 0 aliphatic rings. The molecule has 0 unspecified atom stereocenters. The van der Waals surface area contributed by atoms with E-state index in [9.17, 15) is 18.0 Å². The molecule has 3 aromatic heterocycles. The smallest absolute Gasteiger partial charge is 0.435 e. The van der Waals surface area contributed by atoms with Gasteiger partial charge in [0.05, 0.1) is 6.26 Å². The van der Waals surface area contributed by atoms with E-state index in [0.29, 0.717) is 11.5 Å². The maximum atomic E-state index is 12.9. The fraction of sp³-hybridized carbons (Fsp3) is 0.250.